The Hall–Kier alpha value is -2.09. The maximum atomic E-state index is 12.7. The van der Waals surface area contributed by atoms with Gasteiger partial charge in [-0.3, -0.25) is 4.79 Å². The number of para-hydroxylation sites is 1. The fraction of sp³-hybridized carbons (Fsp3) is 0.350. The second kappa shape index (κ2) is 8.11. The first-order chi connectivity index (χ1) is 13.2. The van der Waals surface area contributed by atoms with Gasteiger partial charge in [0.05, 0.1) is 11.6 Å². The number of carbonyl (C=O) groups excluding carboxylic acids is 1. The van der Waals surface area contributed by atoms with Crippen LogP contribution >= 0.6 is 11.6 Å². The molecule has 1 atom stereocenters. The van der Waals surface area contributed by atoms with Gasteiger partial charge in [-0.15, -0.1) is 0 Å². The molecule has 0 aromatic heterocycles. The molecule has 0 saturated heterocycles. The van der Waals surface area contributed by atoms with Crippen molar-refractivity contribution in [3.63, 3.8) is 0 Å². The van der Waals surface area contributed by atoms with Crippen LogP contribution in [0.5, 0.6) is 0 Å². The first kappa shape index (κ1) is 20.6. The average Bonchev–Trinajstić information content (AvgIpc) is 2.65. The zero-order chi connectivity index (χ0) is 20.5. The molecule has 2 aromatic rings. The third-order valence-electron chi connectivity index (χ3n) is 4.95. The van der Waals surface area contributed by atoms with E-state index in [-0.39, 0.29) is 28.4 Å². The molecule has 0 radical (unpaired) electrons. The first-order valence-corrected chi connectivity index (χ1v) is 10.9. The standard InChI is InChI=1S/C20H24ClN3O3S/c1-14-8-9-15-6-4-5-7-18(15)24(14)13-20(25)22-16-10-11-17(21)19(12-16)28(26,27)23(2)3/h4-7,10-12,14H,8-9,13H2,1-3H3,(H,22,25). The van der Waals surface area contributed by atoms with E-state index < -0.39 is 10.0 Å². The molecule has 3 rings (SSSR count). The van der Waals surface area contributed by atoms with E-state index in [9.17, 15) is 13.2 Å². The molecule has 0 aliphatic carbocycles. The molecule has 0 saturated carbocycles. The third-order valence-corrected chi connectivity index (χ3v) is 7.25. The fourth-order valence-electron chi connectivity index (χ4n) is 3.33. The van der Waals surface area contributed by atoms with Crippen LogP contribution in [0.25, 0.3) is 0 Å². The van der Waals surface area contributed by atoms with Gasteiger partial charge in [0.1, 0.15) is 4.90 Å². The van der Waals surface area contributed by atoms with Crippen molar-refractivity contribution in [1.29, 1.82) is 0 Å². The van der Waals surface area contributed by atoms with E-state index in [2.05, 4.69) is 23.2 Å². The molecule has 1 unspecified atom stereocenters. The third kappa shape index (κ3) is 4.16. The minimum absolute atomic E-state index is 0.0337. The number of sulfonamides is 1. The van der Waals surface area contributed by atoms with E-state index in [1.807, 2.05) is 18.2 Å². The Morgan fingerprint density at radius 2 is 1.96 bits per heavy atom. The zero-order valence-corrected chi connectivity index (χ0v) is 17.7. The van der Waals surface area contributed by atoms with E-state index in [1.165, 1.54) is 31.8 Å². The van der Waals surface area contributed by atoms with Crippen LogP contribution in [0, 0.1) is 0 Å². The highest BCUT2D eigenvalue weighted by Crippen LogP contribution is 2.30. The Morgan fingerprint density at radius 3 is 2.68 bits per heavy atom. The van der Waals surface area contributed by atoms with Crippen LogP contribution in [-0.4, -0.2) is 45.3 Å². The van der Waals surface area contributed by atoms with Crippen molar-refractivity contribution in [3.8, 4) is 0 Å². The molecule has 1 aliphatic heterocycles. The number of rotatable bonds is 5. The van der Waals surface area contributed by atoms with Gasteiger partial charge < -0.3 is 10.2 Å². The number of nitrogens with zero attached hydrogens (tertiary/aromatic N) is 2. The van der Waals surface area contributed by atoms with Crippen molar-refractivity contribution in [2.24, 2.45) is 0 Å². The molecule has 0 fully saturated rings. The van der Waals surface area contributed by atoms with Crippen LogP contribution in [0.3, 0.4) is 0 Å². The topological polar surface area (TPSA) is 69.7 Å². The summed E-state index contributed by atoms with van der Waals surface area (Å²) in [5, 5.41) is 2.91. The summed E-state index contributed by atoms with van der Waals surface area (Å²) in [5.74, 6) is -0.209. The Labute approximate surface area is 171 Å². The van der Waals surface area contributed by atoms with E-state index in [0.717, 1.165) is 22.8 Å². The second-order valence-electron chi connectivity index (χ2n) is 7.13. The van der Waals surface area contributed by atoms with Gasteiger partial charge in [0.2, 0.25) is 15.9 Å². The minimum atomic E-state index is -3.70. The molecule has 1 aliphatic rings. The lowest BCUT2D eigenvalue weighted by molar-refractivity contribution is -0.115. The summed E-state index contributed by atoms with van der Waals surface area (Å²) in [6.07, 6.45) is 1.98. The number of amides is 1. The predicted molar refractivity (Wildman–Crippen MR) is 113 cm³/mol. The normalized spacial score (nSPS) is 16.8. The van der Waals surface area contributed by atoms with Crippen LogP contribution in [-0.2, 0) is 21.2 Å². The van der Waals surface area contributed by atoms with Crippen molar-refractivity contribution in [3.05, 3.63) is 53.1 Å². The summed E-state index contributed by atoms with van der Waals surface area (Å²) >= 11 is 6.07. The molecule has 0 bridgehead atoms. The van der Waals surface area contributed by atoms with Gasteiger partial charge in [0, 0.05) is 31.5 Å². The number of anilines is 2. The number of aryl methyl sites for hydroxylation is 1. The molecular formula is C20H24ClN3O3S. The summed E-state index contributed by atoms with van der Waals surface area (Å²) in [6, 6.07) is 12.8. The maximum Gasteiger partial charge on any atom is 0.244 e. The molecule has 1 N–H and O–H groups in total. The van der Waals surface area contributed by atoms with Gasteiger partial charge in [0.25, 0.3) is 0 Å². The lowest BCUT2D eigenvalue weighted by atomic mass is 9.96. The van der Waals surface area contributed by atoms with E-state index in [4.69, 9.17) is 11.6 Å². The minimum Gasteiger partial charge on any atom is -0.359 e. The molecule has 6 nitrogen and oxygen atoms in total. The predicted octanol–water partition coefficient (Wildman–Crippen LogP) is 3.37. The SMILES string of the molecule is CC1CCc2ccccc2N1CC(=O)Nc1ccc(Cl)c(S(=O)(=O)N(C)C)c1. The lowest BCUT2D eigenvalue weighted by Crippen LogP contribution is -2.42. The molecule has 1 heterocycles. The number of carbonyl (C=O) groups is 1. The first-order valence-electron chi connectivity index (χ1n) is 9.06. The number of benzene rings is 2. The monoisotopic (exact) mass is 421 g/mol. The van der Waals surface area contributed by atoms with Crippen LogP contribution < -0.4 is 10.2 Å². The number of halogens is 1. The summed E-state index contributed by atoms with van der Waals surface area (Å²) in [6.45, 7) is 2.30. The summed E-state index contributed by atoms with van der Waals surface area (Å²) < 4.78 is 25.9. The molecule has 8 heteroatoms. The summed E-state index contributed by atoms with van der Waals surface area (Å²) in [7, 11) is -0.829. The number of fused-ring (bicyclic) bond motifs is 1. The number of hydrogen-bond acceptors (Lipinski definition) is 4. The van der Waals surface area contributed by atoms with E-state index in [0.29, 0.717) is 5.69 Å². The molecule has 2 aromatic carbocycles. The fourth-order valence-corrected chi connectivity index (χ4v) is 4.73. The number of hydrogen-bond donors (Lipinski definition) is 1. The van der Waals surface area contributed by atoms with E-state index >= 15 is 0 Å². The molecule has 28 heavy (non-hydrogen) atoms. The smallest absolute Gasteiger partial charge is 0.244 e. The molecule has 0 spiro atoms. The quantitative estimate of drug-likeness (QED) is 0.803. The van der Waals surface area contributed by atoms with Gasteiger partial charge in [-0.1, -0.05) is 29.8 Å². The summed E-state index contributed by atoms with van der Waals surface area (Å²) in [5.41, 5.74) is 2.70. The van der Waals surface area contributed by atoms with Crippen molar-refractivity contribution in [2.45, 2.75) is 30.7 Å². The highest BCUT2D eigenvalue weighted by Gasteiger charge is 2.25. The van der Waals surface area contributed by atoms with Gasteiger partial charge in [-0.25, -0.2) is 12.7 Å². The second-order valence-corrected chi connectivity index (χ2v) is 9.65. The van der Waals surface area contributed by atoms with Crippen LogP contribution in [0.4, 0.5) is 11.4 Å². The Bertz CT molecular complexity index is 992. The van der Waals surface area contributed by atoms with Crippen molar-refractivity contribution in [2.75, 3.05) is 30.9 Å². The van der Waals surface area contributed by atoms with Gasteiger partial charge in [-0.05, 0) is 49.6 Å². The zero-order valence-electron chi connectivity index (χ0n) is 16.1. The number of nitrogens with one attached hydrogen (secondary N) is 1. The van der Waals surface area contributed by atoms with Crippen LogP contribution in [0.2, 0.25) is 5.02 Å². The Kier molecular flexibility index (Phi) is 5.98. The molecule has 150 valence electrons. The summed E-state index contributed by atoms with van der Waals surface area (Å²) in [4.78, 5) is 14.7. The largest absolute Gasteiger partial charge is 0.359 e. The Balaban J connectivity index is 1.79. The highest BCUT2D eigenvalue weighted by molar-refractivity contribution is 7.89. The average molecular weight is 422 g/mol. The van der Waals surface area contributed by atoms with Crippen molar-refractivity contribution >= 4 is 38.9 Å². The van der Waals surface area contributed by atoms with Crippen LogP contribution in [0.1, 0.15) is 18.9 Å². The van der Waals surface area contributed by atoms with E-state index in [1.54, 1.807) is 6.07 Å². The molecular weight excluding hydrogens is 398 g/mol. The van der Waals surface area contributed by atoms with Crippen molar-refractivity contribution in [1.82, 2.24) is 4.31 Å². The molecule has 1 amide bonds. The van der Waals surface area contributed by atoms with Crippen LogP contribution in [0.15, 0.2) is 47.4 Å². The maximum absolute atomic E-state index is 12.7. The highest BCUT2D eigenvalue weighted by atomic mass is 35.5. The van der Waals surface area contributed by atoms with Gasteiger partial charge in [0.15, 0.2) is 0 Å². The van der Waals surface area contributed by atoms with Gasteiger partial charge >= 0.3 is 0 Å². The Morgan fingerprint density at radius 1 is 1.25 bits per heavy atom. The van der Waals surface area contributed by atoms with Crippen molar-refractivity contribution < 1.29 is 13.2 Å². The van der Waals surface area contributed by atoms with Gasteiger partial charge in [-0.2, -0.15) is 0 Å². The lowest BCUT2D eigenvalue weighted by Gasteiger charge is -2.36.